The number of aryl methyl sites for hydroxylation is 1. The van der Waals surface area contributed by atoms with Gasteiger partial charge in [-0.1, -0.05) is 84.8 Å². The normalized spacial score (nSPS) is 11.8. The molecule has 1 N–H and O–H groups in total. The van der Waals surface area contributed by atoms with Crippen LogP contribution in [0, 0.1) is 6.92 Å². The van der Waals surface area contributed by atoms with Crippen molar-refractivity contribution in [1.82, 2.24) is 10.2 Å². The number of amides is 2. The first-order valence-electron chi connectivity index (χ1n) is 14.7. The van der Waals surface area contributed by atoms with Crippen molar-refractivity contribution < 1.29 is 22.7 Å². The lowest BCUT2D eigenvalue weighted by Crippen LogP contribution is -2.53. The summed E-state index contributed by atoms with van der Waals surface area (Å²) in [7, 11) is -2.72. The lowest BCUT2D eigenvalue weighted by Gasteiger charge is -2.34. The van der Waals surface area contributed by atoms with Gasteiger partial charge in [0, 0.05) is 30.6 Å². The van der Waals surface area contributed by atoms with Crippen LogP contribution in [0.25, 0.3) is 0 Å². The number of sulfonamides is 1. The highest BCUT2D eigenvalue weighted by molar-refractivity contribution is 7.92. The summed E-state index contributed by atoms with van der Waals surface area (Å²) in [5.41, 5.74) is 2.75. The lowest BCUT2D eigenvalue weighted by molar-refractivity contribution is -0.140. The molecule has 0 radical (unpaired) electrons. The van der Waals surface area contributed by atoms with Crippen LogP contribution in [-0.2, 0) is 32.6 Å². The van der Waals surface area contributed by atoms with Crippen LogP contribution in [0.5, 0.6) is 5.75 Å². The van der Waals surface area contributed by atoms with E-state index in [1.54, 1.807) is 60.7 Å². The van der Waals surface area contributed by atoms with Crippen LogP contribution in [0.3, 0.4) is 0 Å². The molecule has 1 unspecified atom stereocenters. The molecule has 0 spiro atoms. The first-order valence-corrected chi connectivity index (χ1v) is 16.5. The van der Waals surface area contributed by atoms with Gasteiger partial charge >= 0.3 is 0 Å². The second kappa shape index (κ2) is 15.6. The van der Waals surface area contributed by atoms with Crippen LogP contribution in [0.4, 0.5) is 5.69 Å². The van der Waals surface area contributed by atoms with E-state index in [0.717, 1.165) is 21.0 Å². The molecule has 0 saturated carbocycles. The number of carbonyl (C=O) groups excluding carboxylic acids is 2. The zero-order valence-corrected chi connectivity index (χ0v) is 27.2. The fourth-order valence-electron chi connectivity index (χ4n) is 4.84. The van der Waals surface area contributed by atoms with Gasteiger partial charge in [0.05, 0.1) is 17.7 Å². The fourth-order valence-corrected chi connectivity index (χ4v) is 6.37. The molecule has 0 heterocycles. The molecule has 4 aromatic carbocycles. The summed E-state index contributed by atoms with van der Waals surface area (Å²) in [4.78, 5) is 29.7. The Balaban J connectivity index is 1.80. The quantitative estimate of drug-likeness (QED) is 0.181. The van der Waals surface area contributed by atoms with E-state index in [4.69, 9.17) is 16.3 Å². The van der Waals surface area contributed by atoms with E-state index in [-0.39, 0.29) is 29.5 Å². The third kappa shape index (κ3) is 8.86. The van der Waals surface area contributed by atoms with Crippen LogP contribution in [0.2, 0.25) is 5.02 Å². The maximum absolute atomic E-state index is 14.5. The van der Waals surface area contributed by atoms with Gasteiger partial charge in [-0.2, -0.15) is 0 Å². The number of carbonyl (C=O) groups is 2. The van der Waals surface area contributed by atoms with Crippen molar-refractivity contribution in [2.45, 2.75) is 44.2 Å². The van der Waals surface area contributed by atoms with Crippen molar-refractivity contribution in [2.75, 3.05) is 24.5 Å². The minimum absolute atomic E-state index is 0.0366. The molecule has 4 aromatic rings. The lowest BCUT2D eigenvalue weighted by atomic mass is 10.0. The van der Waals surface area contributed by atoms with Gasteiger partial charge < -0.3 is 15.0 Å². The molecule has 0 aromatic heterocycles. The van der Waals surface area contributed by atoms with E-state index >= 15 is 0 Å². The molecule has 45 heavy (non-hydrogen) atoms. The zero-order valence-electron chi connectivity index (χ0n) is 25.6. The molecule has 8 nitrogen and oxygen atoms in total. The summed E-state index contributed by atoms with van der Waals surface area (Å²) >= 11 is 6.14. The molecule has 4 rings (SSSR count). The van der Waals surface area contributed by atoms with Gasteiger partial charge in [0.25, 0.3) is 10.0 Å². The number of rotatable bonds is 14. The van der Waals surface area contributed by atoms with Crippen molar-refractivity contribution in [3.8, 4) is 5.75 Å². The molecule has 0 aliphatic heterocycles. The van der Waals surface area contributed by atoms with E-state index in [1.807, 2.05) is 44.2 Å². The van der Waals surface area contributed by atoms with Crippen molar-refractivity contribution in [3.63, 3.8) is 0 Å². The number of hydrogen-bond donors (Lipinski definition) is 1. The van der Waals surface area contributed by atoms with Gasteiger partial charge in [-0.25, -0.2) is 8.42 Å². The molecule has 0 aliphatic carbocycles. The van der Waals surface area contributed by atoms with Gasteiger partial charge in [-0.05, 0) is 60.9 Å². The van der Waals surface area contributed by atoms with Crippen molar-refractivity contribution in [3.05, 3.63) is 125 Å². The number of benzene rings is 4. The summed E-state index contributed by atoms with van der Waals surface area (Å²) in [5.74, 6) is -0.434. The van der Waals surface area contributed by atoms with Crippen molar-refractivity contribution >= 4 is 39.1 Å². The number of anilines is 1. The summed E-state index contributed by atoms with van der Waals surface area (Å²) in [6.45, 7) is 3.76. The maximum atomic E-state index is 14.5. The van der Waals surface area contributed by atoms with Gasteiger partial charge in [0.15, 0.2) is 0 Å². The molecule has 0 saturated heterocycles. The minimum atomic E-state index is -4.21. The largest absolute Gasteiger partial charge is 0.497 e. The molecule has 0 aliphatic rings. The minimum Gasteiger partial charge on any atom is -0.497 e. The molecular weight excluding hydrogens is 610 g/mol. The Morgan fingerprint density at radius 3 is 2.22 bits per heavy atom. The standard InChI is InChI=1S/C35H38ClN3O5S/c1-4-21-37-35(41)33(22-27-9-6-5-7-10-27)38(24-28-15-17-29(36)18-16-28)34(40)25-39(30-11-8-12-31(23-30)44-3)45(42,43)32-19-13-26(2)14-20-32/h5-20,23,33H,4,21-22,24-25H2,1-3H3,(H,37,41). The Morgan fingerprint density at radius 2 is 1.58 bits per heavy atom. The van der Waals surface area contributed by atoms with Crippen LogP contribution >= 0.6 is 11.6 Å². The van der Waals surface area contributed by atoms with E-state index < -0.39 is 28.5 Å². The third-order valence-corrected chi connectivity index (χ3v) is 9.36. The SMILES string of the molecule is CCCNC(=O)C(Cc1ccccc1)N(Cc1ccc(Cl)cc1)C(=O)CN(c1cccc(OC)c1)S(=O)(=O)c1ccc(C)cc1. The highest BCUT2D eigenvalue weighted by Gasteiger charge is 2.34. The van der Waals surface area contributed by atoms with E-state index in [0.29, 0.717) is 23.7 Å². The maximum Gasteiger partial charge on any atom is 0.264 e. The smallest absolute Gasteiger partial charge is 0.264 e. The summed E-state index contributed by atoms with van der Waals surface area (Å²) < 4.78 is 34.8. The van der Waals surface area contributed by atoms with Crippen LogP contribution < -0.4 is 14.4 Å². The van der Waals surface area contributed by atoms with Crippen LogP contribution in [0.1, 0.15) is 30.0 Å². The number of nitrogens with zero attached hydrogens (tertiary/aromatic N) is 2. The number of halogens is 1. The van der Waals surface area contributed by atoms with E-state index in [2.05, 4.69) is 5.32 Å². The predicted molar refractivity (Wildman–Crippen MR) is 178 cm³/mol. The fraction of sp³-hybridized carbons (Fsp3) is 0.257. The Bertz CT molecular complexity index is 1680. The first-order chi connectivity index (χ1) is 21.6. The topological polar surface area (TPSA) is 96.0 Å². The molecular formula is C35H38ClN3O5S. The summed E-state index contributed by atoms with van der Waals surface area (Å²) in [6, 6.07) is 28.5. The molecule has 2 amide bonds. The molecule has 0 fully saturated rings. The number of hydrogen-bond acceptors (Lipinski definition) is 5. The third-order valence-electron chi connectivity index (χ3n) is 7.32. The predicted octanol–water partition coefficient (Wildman–Crippen LogP) is 6.02. The highest BCUT2D eigenvalue weighted by Crippen LogP contribution is 2.28. The average molecular weight is 648 g/mol. The monoisotopic (exact) mass is 647 g/mol. The van der Waals surface area contributed by atoms with Gasteiger partial charge in [-0.3, -0.25) is 13.9 Å². The van der Waals surface area contributed by atoms with Gasteiger partial charge in [0.1, 0.15) is 18.3 Å². The molecule has 236 valence electrons. The van der Waals surface area contributed by atoms with E-state index in [9.17, 15) is 18.0 Å². The first kappa shape index (κ1) is 33.6. The van der Waals surface area contributed by atoms with Gasteiger partial charge in [0.2, 0.25) is 11.8 Å². The number of nitrogens with one attached hydrogen (secondary N) is 1. The average Bonchev–Trinajstić information content (AvgIpc) is 3.05. The second-order valence-corrected chi connectivity index (χ2v) is 13.0. The summed E-state index contributed by atoms with van der Waals surface area (Å²) in [6.07, 6.45) is 0.951. The number of methoxy groups -OCH3 is 1. The van der Waals surface area contributed by atoms with Gasteiger partial charge in [-0.15, -0.1) is 0 Å². The van der Waals surface area contributed by atoms with Crippen molar-refractivity contribution in [1.29, 1.82) is 0 Å². The Hall–Kier alpha value is -4.34. The van der Waals surface area contributed by atoms with E-state index in [1.165, 1.54) is 24.1 Å². The highest BCUT2D eigenvalue weighted by atomic mass is 35.5. The molecule has 1 atom stereocenters. The molecule has 10 heteroatoms. The Morgan fingerprint density at radius 1 is 0.889 bits per heavy atom. The van der Waals surface area contributed by atoms with Crippen LogP contribution in [-0.4, -0.2) is 51.4 Å². The molecule has 0 bridgehead atoms. The van der Waals surface area contributed by atoms with Crippen LogP contribution in [0.15, 0.2) is 108 Å². The summed E-state index contributed by atoms with van der Waals surface area (Å²) in [5, 5.41) is 3.48. The Kier molecular flexibility index (Phi) is 11.6. The Labute approximate surface area is 270 Å². The zero-order chi connectivity index (χ0) is 32.4. The second-order valence-electron chi connectivity index (χ2n) is 10.7. The van der Waals surface area contributed by atoms with Crippen molar-refractivity contribution in [2.24, 2.45) is 0 Å². The number of ether oxygens (including phenoxy) is 1.